The summed E-state index contributed by atoms with van der Waals surface area (Å²) in [5.41, 5.74) is 0.805. The topological polar surface area (TPSA) is 85.4 Å². The van der Waals surface area contributed by atoms with Gasteiger partial charge in [-0.3, -0.25) is 4.52 Å². The van der Waals surface area contributed by atoms with Gasteiger partial charge in [0, 0.05) is 12.2 Å². The average molecular weight is 309 g/mol. The predicted octanol–water partition coefficient (Wildman–Crippen LogP) is -0.0163. The van der Waals surface area contributed by atoms with Gasteiger partial charge in [-0.15, -0.1) is 0 Å². The van der Waals surface area contributed by atoms with Gasteiger partial charge in [0.05, 0.1) is 6.61 Å². The number of hydrogen-bond acceptors (Lipinski definition) is 4. The first-order valence-electron chi connectivity index (χ1n) is 6.40. The lowest BCUT2D eigenvalue weighted by Crippen LogP contribution is -2.44. The molecule has 1 heterocycles. The van der Waals surface area contributed by atoms with Crippen LogP contribution in [0.5, 0.6) is 0 Å². The number of anilines is 1. The molecule has 0 radical (unpaired) electrons. The summed E-state index contributed by atoms with van der Waals surface area (Å²) in [6, 6.07) is 9.46. The summed E-state index contributed by atoms with van der Waals surface area (Å²) >= 11 is 5.33. The van der Waals surface area contributed by atoms with Gasteiger partial charge in [0.15, 0.2) is 12.2 Å². The lowest BCUT2D eigenvalue weighted by molar-refractivity contribution is -0.746. The Morgan fingerprint density at radius 1 is 1.48 bits per heavy atom. The number of benzene rings is 1. The molecule has 7 nitrogen and oxygen atoms in total. The molecular weight excluding hydrogens is 292 g/mol. The van der Waals surface area contributed by atoms with Gasteiger partial charge < -0.3 is 15.3 Å². The van der Waals surface area contributed by atoms with E-state index in [0.717, 1.165) is 5.69 Å². The molecule has 0 bridgehead atoms. The standard InChI is InChI=1S/C13H16N4O3S/c1-16-11(12(19)20-15-16)9-17(7-8-18)13(21)14-10-5-3-2-4-6-10/h2-6,18H,7-9H2,1H3,(H-,14,15,19,21)/p+1. The van der Waals surface area contributed by atoms with E-state index in [1.54, 1.807) is 11.9 Å². The number of aromatic nitrogens is 2. The van der Waals surface area contributed by atoms with Crippen molar-refractivity contribution < 1.29 is 14.3 Å². The Labute approximate surface area is 126 Å². The van der Waals surface area contributed by atoms with Crippen molar-refractivity contribution in [2.24, 2.45) is 7.05 Å². The largest absolute Gasteiger partial charge is 0.431 e. The van der Waals surface area contributed by atoms with E-state index in [0.29, 0.717) is 17.4 Å². The molecule has 21 heavy (non-hydrogen) atoms. The fourth-order valence-electron chi connectivity index (χ4n) is 1.81. The summed E-state index contributed by atoms with van der Waals surface area (Å²) in [6.45, 7) is 0.473. The summed E-state index contributed by atoms with van der Waals surface area (Å²) < 4.78 is 6.19. The third kappa shape index (κ3) is 3.89. The van der Waals surface area contributed by atoms with Crippen molar-refractivity contribution in [2.75, 3.05) is 18.5 Å². The number of nitrogens with one attached hydrogen (secondary N) is 2. The minimum absolute atomic E-state index is 0.0733. The van der Waals surface area contributed by atoms with Gasteiger partial charge in [-0.25, -0.2) is 4.79 Å². The van der Waals surface area contributed by atoms with E-state index in [9.17, 15) is 9.90 Å². The van der Waals surface area contributed by atoms with Crippen molar-refractivity contribution >= 4 is 23.0 Å². The van der Waals surface area contributed by atoms with Gasteiger partial charge in [0.2, 0.25) is 0 Å². The molecule has 1 aromatic heterocycles. The Morgan fingerprint density at radius 3 is 2.76 bits per heavy atom. The van der Waals surface area contributed by atoms with Crippen molar-refractivity contribution in [3.63, 3.8) is 0 Å². The molecule has 8 heteroatoms. The molecule has 0 amide bonds. The second-order valence-corrected chi connectivity index (χ2v) is 4.81. The van der Waals surface area contributed by atoms with Crippen LogP contribution in [0.1, 0.15) is 5.69 Å². The zero-order valence-electron chi connectivity index (χ0n) is 11.6. The number of aryl methyl sites for hydroxylation is 1. The highest BCUT2D eigenvalue weighted by atomic mass is 32.1. The highest BCUT2D eigenvalue weighted by Crippen LogP contribution is 2.07. The number of aromatic amines is 1. The predicted molar refractivity (Wildman–Crippen MR) is 80.7 cm³/mol. The van der Waals surface area contributed by atoms with Gasteiger partial charge in [0.1, 0.15) is 6.54 Å². The fourth-order valence-corrected chi connectivity index (χ4v) is 2.08. The number of H-pyrrole nitrogens is 1. The first kappa shape index (κ1) is 15.2. The minimum atomic E-state index is -0.456. The Balaban J connectivity index is 2.11. The molecule has 0 unspecified atom stereocenters. The molecule has 0 saturated heterocycles. The Morgan fingerprint density at radius 2 is 2.19 bits per heavy atom. The molecular formula is C13H17N4O3S+. The summed E-state index contributed by atoms with van der Waals surface area (Å²) in [5, 5.41) is 15.1. The van der Waals surface area contributed by atoms with Crippen LogP contribution in [0.15, 0.2) is 39.6 Å². The van der Waals surface area contributed by atoms with Gasteiger partial charge in [-0.1, -0.05) is 22.9 Å². The third-order valence-electron chi connectivity index (χ3n) is 2.94. The maximum atomic E-state index is 11.6. The summed E-state index contributed by atoms with van der Waals surface area (Å²) in [6.07, 6.45) is 0. The molecule has 3 N–H and O–H groups in total. The third-order valence-corrected chi connectivity index (χ3v) is 3.30. The van der Waals surface area contributed by atoms with Crippen LogP contribution >= 0.6 is 12.2 Å². The van der Waals surface area contributed by atoms with E-state index in [1.165, 1.54) is 4.68 Å². The van der Waals surface area contributed by atoms with E-state index in [-0.39, 0.29) is 13.2 Å². The van der Waals surface area contributed by atoms with Crippen LogP contribution in [0.25, 0.3) is 0 Å². The molecule has 0 atom stereocenters. The number of hydrogen-bond donors (Lipinski definition) is 3. The van der Waals surface area contributed by atoms with Crippen molar-refractivity contribution in [2.45, 2.75) is 6.54 Å². The van der Waals surface area contributed by atoms with Crippen molar-refractivity contribution in [3.05, 3.63) is 46.4 Å². The molecule has 1 aromatic carbocycles. The molecule has 2 rings (SSSR count). The fraction of sp³-hybridized carbons (Fsp3) is 0.308. The second-order valence-electron chi connectivity index (χ2n) is 4.43. The number of thiocarbonyl (C=S) groups is 1. The van der Waals surface area contributed by atoms with Crippen molar-refractivity contribution in [1.82, 2.24) is 10.2 Å². The summed E-state index contributed by atoms with van der Waals surface area (Å²) in [7, 11) is 1.67. The molecule has 112 valence electrons. The molecule has 0 saturated carbocycles. The van der Waals surface area contributed by atoms with Crippen LogP contribution in [0.3, 0.4) is 0 Å². The Hall–Kier alpha value is -2.19. The molecule has 0 aliphatic heterocycles. The Kier molecular flexibility index (Phi) is 5.07. The van der Waals surface area contributed by atoms with Gasteiger partial charge >= 0.3 is 11.3 Å². The Bertz CT molecular complexity index is 653. The first-order chi connectivity index (χ1) is 10.1. The van der Waals surface area contributed by atoms with Gasteiger partial charge in [0.25, 0.3) is 0 Å². The second kappa shape index (κ2) is 7.00. The smallest absolute Gasteiger partial charge is 0.395 e. The molecule has 0 aliphatic rings. The number of nitrogens with zero attached hydrogens (tertiary/aromatic N) is 2. The minimum Gasteiger partial charge on any atom is -0.395 e. The van der Waals surface area contributed by atoms with Crippen LogP contribution in [0, 0.1) is 0 Å². The highest BCUT2D eigenvalue weighted by molar-refractivity contribution is 7.80. The maximum Gasteiger partial charge on any atom is 0.431 e. The van der Waals surface area contributed by atoms with E-state index >= 15 is 0 Å². The van der Waals surface area contributed by atoms with Gasteiger partial charge in [-0.2, -0.15) is 0 Å². The molecule has 2 aromatic rings. The summed E-state index contributed by atoms with van der Waals surface area (Å²) in [5.74, 6) is 0. The van der Waals surface area contributed by atoms with Crippen LogP contribution in [0.2, 0.25) is 0 Å². The lowest BCUT2D eigenvalue weighted by atomic mass is 10.3. The van der Waals surface area contributed by atoms with Crippen molar-refractivity contribution in [1.29, 1.82) is 0 Å². The first-order valence-corrected chi connectivity index (χ1v) is 6.81. The lowest BCUT2D eigenvalue weighted by Gasteiger charge is -2.22. The number of para-hydroxylation sites is 1. The van der Waals surface area contributed by atoms with Crippen LogP contribution in [-0.2, 0) is 13.6 Å². The average Bonchev–Trinajstić information content (AvgIpc) is 2.79. The molecule has 0 fully saturated rings. The summed E-state index contributed by atoms with van der Waals surface area (Å²) in [4.78, 5) is 13.3. The van der Waals surface area contributed by atoms with Crippen LogP contribution in [-0.4, -0.2) is 33.5 Å². The molecule has 0 spiro atoms. The zero-order valence-corrected chi connectivity index (χ0v) is 12.4. The van der Waals surface area contributed by atoms with Crippen LogP contribution in [0.4, 0.5) is 5.69 Å². The maximum absolute atomic E-state index is 11.6. The monoisotopic (exact) mass is 309 g/mol. The van der Waals surface area contributed by atoms with E-state index < -0.39 is 5.63 Å². The SMILES string of the molecule is C[n+]1[nH]oc(=O)c1CN(CCO)C(=S)Nc1ccccc1. The van der Waals surface area contributed by atoms with Gasteiger partial charge in [-0.05, 0) is 29.6 Å². The molecule has 0 aliphatic carbocycles. The highest BCUT2D eigenvalue weighted by Gasteiger charge is 2.22. The quantitative estimate of drug-likeness (QED) is 0.532. The van der Waals surface area contributed by atoms with E-state index in [4.69, 9.17) is 16.7 Å². The number of aliphatic hydroxyl groups excluding tert-OH is 1. The zero-order chi connectivity index (χ0) is 15.2. The normalized spacial score (nSPS) is 10.4. The number of rotatable bonds is 5. The van der Waals surface area contributed by atoms with Crippen molar-refractivity contribution in [3.8, 4) is 0 Å². The van der Waals surface area contributed by atoms with Crippen LogP contribution < -0.4 is 15.6 Å². The number of aliphatic hydroxyl groups is 1. The van der Waals surface area contributed by atoms with E-state index in [1.807, 2.05) is 30.3 Å². The van der Waals surface area contributed by atoms with E-state index in [2.05, 4.69) is 10.6 Å².